The van der Waals surface area contributed by atoms with Gasteiger partial charge >= 0.3 is 0 Å². The van der Waals surface area contributed by atoms with E-state index >= 15 is 0 Å². The lowest BCUT2D eigenvalue weighted by Crippen LogP contribution is -2.35. The third kappa shape index (κ3) is 2.95. The number of nitrogens with one attached hydrogen (secondary N) is 1. The molecule has 20 heavy (non-hydrogen) atoms. The number of rotatable bonds is 5. The van der Waals surface area contributed by atoms with Crippen LogP contribution < -0.4 is 4.72 Å². The molecule has 0 amide bonds. The van der Waals surface area contributed by atoms with Crippen molar-refractivity contribution in [1.82, 2.24) is 4.72 Å². The Labute approximate surface area is 116 Å². The molecule has 0 radical (unpaired) electrons. The molecular weight excluding hydrogens is 282 g/mol. The first-order valence-corrected chi connectivity index (χ1v) is 7.50. The number of aryl methyl sites for hydroxylation is 1. The van der Waals surface area contributed by atoms with E-state index in [0.29, 0.717) is 5.56 Å². The van der Waals surface area contributed by atoms with Gasteiger partial charge in [-0.15, -0.1) is 0 Å². The first kappa shape index (κ1) is 14.4. The van der Waals surface area contributed by atoms with Crippen LogP contribution in [0.25, 0.3) is 0 Å². The maximum atomic E-state index is 12.2. The second-order valence-corrected chi connectivity index (χ2v) is 6.45. The van der Waals surface area contributed by atoms with Gasteiger partial charge in [0, 0.05) is 12.1 Å². The zero-order chi connectivity index (χ0) is 14.9. The Balaban J connectivity index is 2.35. The zero-order valence-corrected chi connectivity index (χ0v) is 11.6. The van der Waals surface area contributed by atoms with E-state index in [2.05, 4.69) is 4.72 Å². The van der Waals surface area contributed by atoms with Crippen molar-refractivity contribution in [1.29, 1.82) is 5.26 Å². The van der Waals surface area contributed by atoms with Crippen LogP contribution in [-0.2, 0) is 10.0 Å². The fourth-order valence-electron chi connectivity index (χ4n) is 1.88. The van der Waals surface area contributed by atoms with Crippen LogP contribution in [0.3, 0.4) is 0 Å². The zero-order valence-electron chi connectivity index (χ0n) is 10.7. The maximum Gasteiger partial charge on any atom is 0.270 e. The van der Waals surface area contributed by atoms with Crippen LogP contribution in [0.2, 0.25) is 0 Å². The lowest BCUT2D eigenvalue weighted by Gasteiger charge is -2.12. The number of nitro groups is 1. The molecule has 1 aromatic carbocycles. The summed E-state index contributed by atoms with van der Waals surface area (Å²) in [5, 5.41) is 19.7. The third-order valence-corrected chi connectivity index (χ3v) is 4.77. The standard InChI is InChI=1S/C12H13N3O4S/c1-8-2-5-10(15(16)17)6-12(8)20(18,19)14-11(7-13)9-3-4-9/h2,5-6,9,11,14H,3-4H2,1H3. The van der Waals surface area contributed by atoms with Crippen LogP contribution in [-0.4, -0.2) is 19.4 Å². The van der Waals surface area contributed by atoms with Crippen molar-refractivity contribution >= 4 is 15.7 Å². The number of benzene rings is 1. The minimum Gasteiger partial charge on any atom is -0.258 e. The van der Waals surface area contributed by atoms with Crippen LogP contribution in [0.1, 0.15) is 18.4 Å². The molecule has 0 spiro atoms. The molecule has 1 atom stereocenters. The van der Waals surface area contributed by atoms with Gasteiger partial charge < -0.3 is 0 Å². The van der Waals surface area contributed by atoms with E-state index in [1.54, 1.807) is 6.92 Å². The minimum atomic E-state index is -3.94. The van der Waals surface area contributed by atoms with Gasteiger partial charge in [0.05, 0.1) is 15.9 Å². The Kier molecular flexibility index (Phi) is 3.74. The van der Waals surface area contributed by atoms with E-state index in [1.807, 2.05) is 6.07 Å². The van der Waals surface area contributed by atoms with Gasteiger partial charge in [-0.2, -0.15) is 9.98 Å². The van der Waals surface area contributed by atoms with Crippen LogP contribution in [0.4, 0.5) is 5.69 Å². The van der Waals surface area contributed by atoms with E-state index in [0.717, 1.165) is 18.9 Å². The van der Waals surface area contributed by atoms with E-state index in [1.165, 1.54) is 12.1 Å². The van der Waals surface area contributed by atoms with Crippen molar-refractivity contribution in [2.75, 3.05) is 0 Å². The molecule has 0 saturated heterocycles. The monoisotopic (exact) mass is 295 g/mol. The average Bonchev–Trinajstić information content (AvgIpc) is 3.20. The van der Waals surface area contributed by atoms with Crippen molar-refractivity contribution < 1.29 is 13.3 Å². The minimum absolute atomic E-state index is 0.0359. The fraction of sp³-hybridized carbons (Fsp3) is 0.417. The summed E-state index contributed by atoms with van der Waals surface area (Å²) in [6, 6.07) is 4.78. The number of nitriles is 1. The molecule has 0 aliphatic heterocycles. The summed E-state index contributed by atoms with van der Waals surface area (Å²) >= 11 is 0. The van der Waals surface area contributed by atoms with Gasteiger partial charge in [0.15, 0.2) is 0 Å². The van der Waals surface area contributed by atoms with Crippen molar-refractivity contribution in [3.63, 3.8) is 0 Å². The van der Waals surface area contributed by atoms with Crippen LogP contribution in [0.5, 0.6) is 0 Å². The smallest absolute Gasteiger partial charge is 0.258 e. The fourth-order valence-corrected chi connectivity index (χ4v) is 3.35. The lowest BCUT2D eigenvalue weighted by atomic mass is 10.2. The normalized spacial score (nSPS) is 16.4. The molecule has 106 valence electrons. The Bertz CT molecular complexity index is 689. The van der Waals surface area contributed by atoms with Gasteiger partial charge in [0.1, 0.15) is 6.04 Å². The largest absolute Gasteiger partial charge is 0.270 e. The highest BCUT2D eigenvalue weighted by molar-refractivity contribution is 7.89. The number of hydrogen-bond donors (Lipinski definition) is 1. The van der Waals surface area contributed by atoms with Gasteiger partial charge in [-0.3, -0.25) is 10.1 Å². The molecule has 1 N–H and O–H groups in total. The van der Waals surface area contributed by atoms with Gasteiger partial charge in [-0.1, -0.05) is 6.07 Å². The molecule has 1 saturated carbocycles. The highest BCUT2D eigenvalue weighted by Gasteiger charge is 2.35. The predicted molar refractivity (Wildman–Crippen MR) is 70.3 cm³/mol. The molecule has 2 rings (SSSR count). The van der Waals surface area contributed by atoms with Crippen LogP contribution in [0.15, 0.2) is 23.1 Å². The first-order chi connectivity index (χ1) is 9.35. The summed E-state index contributed by atoms with van der Waals surface area (Å²) in [6.45, 7) is 1.55. The van der Waals surface area contributed by atoms with Gasteiger partial charge in [0.2, 0.25) is 10.0 Å². The maximum absolute atomic E-state index is 12.2. The molecule has 1 aliphatic carbocycles. The molecule has 1 unspecified atom stereocenters. The van der Waals surface area contributed by atoms with Crippen LogP contribution in [0, 0.1) is 34.3 Å². The summed E-state index contributed by atoms with van der Waals surface area (Å²) < 4.78 is 26.8. The molecule has 8 heteroatoms. The third-order valence-electron chi connectivity index (χ3n) is 3.19. The second-order valence-electron chi connectivity index (χ2n) is 4.77. The number of nitro benzene ring substituents is 1. The average molecular weight is 295 g/mol. The van der Waals surface area contributed by atoms with Crippen LogP contribution >= 0.6 is 0 Å². The van der Waals surface area contributed by atoms with Crippen molar-refractivity contribution in [2.45, 2.75) is 30.7 Å². The SMILES string of the molecule is Cc1ccc([N+](=O)[O-])cc1S(=O)(=O)NC(C#N)C1CC1. The van der Waals surface area contributed by atoms with Gasteiger partial charge in [-0.25, -0.2) is 8.42 Å². The highest BCUT2D eigenvalue weighted by atomic mass is 32.2. The Morgan fingerprint density at radius 2 is 2.15 bits per heavy atom. The topological polar surface area (TPSA) is 113 Å². The van der Waals surface area contributed by atoms with Gasteiger partial charge in [-0.05, 0) is 31.2 Å². The second kappa shape index (κ2) is 5.19. The number of hydrogen-bond acceptors (Lipinski definition) is 5. The molecule has 0 bridgehead atoms. The van der Waals surface area contributed by atoms with E-state index in [4.69, 9.17) is 5.26 Å². The molecule has 1 aromatic rings. The van der Waals surface area contributed by atoms with E-state index in [9.17, 15) is 18.5 Å². The number of non-ortho nitro benzene ring substituents is 1. The van der Waals surface area contributed by atoms with Gasteiger partial charge in [0.25, 0.3) is 5.69 Å². The van der Waals surface area contributed by atoms with Crippen molar-refractivity contribution in [2.24, 2.45) is 5.92 Å². The summed E-state index contributed by atoms with van der Waals surface area (Å²) in [7, 11) is -3.94. The number of sulfonamides is 1. The quantitative estimate of drug-likeness (QED) is 0.653. The number of nitrogens with zero attached hydrogens (tertiary/aromatic N) is 2. The Morgan fingerprint density at radius 1 is 1.50 bits per heavy atom. The summed E-state index contributed by atoms with van der Waals surface area (Å²) in [5.74, 6) is 0.0359. The summed E-state index contributed by atoms with van der Waals surface area (Å²) in [6.07, 6.45) is 1.63. The summed E-state index contributed by atoms with van der Waals surface area (Å²) in [4.78, 5) is 9.91. The van der Waals surface area contributed by atoms with Crippen molar-refractivity contribution in [3.8, 4) is 6.07 Å². The van der Waals surface area contributed by atoms with E-state index in [-0.39, 0.29) is 16.5 Å². The molecule has 0 heterocycles. The predicted octanol–water partition coefficient (Wildman–Crippen LogP) is 1.48. The molecular formula is C12H13N3O4S. The molecule has 1 fully saturated rings. The summed E-state index contributed by atoms with van der Waals surface area (Å²) in [5.41, 5.74) is 0.103. The molecule has 7 nitrogen and oxygen atoms in total. The molecule has 1 aliphatic rings. The van der Waals surface area contributed by atoms with E-state index < -0.39 is 21.0 Å². The molecule has 0 aromatic heterocycles. The van der Waals surface area contributed by atoms with Crippen molar-refractivity contribution in [3.05, 3.63) is 33.9 Å². The Hall–Kier alpha value is -1.98. The Morgan fingerprint density at radius 3 is 2.65 bits per heavy atom. The highest BCUT2D eigenvalue weighted by Crippen LogP contribution is 2.33. The first-order valence-electron chi connectivity index (χ1n) is 6.02. The lowest BCUT2D eigenvalue weighted by molar-refractivity contribution is -0.385.